The molecule has 1 aromatic carbocycles. The summed E-state index contributed by atoms with van der Waals surface area (Å²) >= 11 is 0. The first kappa shape index (κ1) is 17.3. The number of halogens is 3. The van der Waals surface area contributed by atoms with Gasteiger partial charge in [0.1, 0.15) is 0 Å². The molecular formula is C15H21F3N2O. The van der Waals surface area contributed by atoms with E-state index in [0.29, 0.717) is 13.1 Å². The molecule has 0 heterocycles. The van der Waals surface area contributed by atoms with Gasteiger partial charge in [0.15, 0.2) is 0 Å². The second-order valence-electron chi connectivity index (χ2n) is 4.79. The minimum absolute atomic E-state index is 0.00876. The molecule has 1 amide bonds. The highest BCUT2D eigenvalue weighted by atomic mass is 19.4. The lowest BCUT2D eigenvalue weighted by Gasteiger charge is -2.15. The largest absolute Gasteiger partial charge is 0.418 e. The summed E-state index contributed by atoms with van der Waals surface area (Å²) in [7, 11) is 0. The molecule has 0 unspecified atom stereocenters. The predicted octanol–water partition coefficient (Wildman–Crippen LogP) is 4.06. The summed E-state index contributed by atoms with van der Waals surface area (Å²) in [6.07, 6.45) is -2.06. The van der Waals surface area contributed by atoms with Crippen molar-refractivity contribution >= 4 is 11.6 Å². The van der Waals surface area contributed by atoms with Crippen LogP contribution in [0.4, 0.5) is 18.9 Å². The first-order valence-electron chi connectivity index (χ1n) is 7.13. The Bertz CT molecular complexity index is 472. The van der Waals surface area contributed by atoms with Crippen molar-refractivity contribution in [3.05, 3.63) is 29.3 Å². The Kier molecular flexibility index (Phi) is 6.52. The number of nitrogens with one attached hydrogen (secondary N) is 2. The summed E-state index contributed by atoms with van der Waals surface area (Å²) in [5.74, 6) is -0.476. The number of alkyl halides is 3. The molecule has 0 aliphatic rings. The average Bonchev–Trinajstić information content (AvgIpc) is 2.44. The monoisotopic (exact) mass is 302 g/mol. The van der Waals surface area contributed by atoms with Gasteiger partial charge in [-0.25, -0.2) is 0 Å². The van der Waals surface area contributed by atoms with Gasteiger partial charge < -0.3 is 10.6 Å². The second kappa shape index (κ2) is 7.90. The van der Waals surface area contributed by atoms with Crippen LogP contribution >= 0.6 is 0 Å². The SMILES string of the molecule is CCCCNC(=O)c1ccc(NCCC)c(C(F)(F)F)c1. The van der Waals surface area contributed by atoms with Crippen molar-refractivity contribution in [2.24, 2.45) is 0 Å². The van der Waals surface area contributed by atoms with E-state index in [1.807, 2.05) is 13.8 Å². The van der Waals surface area contributed by atoms with Crippen LogP contribution in [-0.4, -0.2) is 19.0 Å². The molecule has 21 heavy (non-hydrogen) atoms. The molecule has 0 atom stereocenters. The number of unbranched alkanes of at least 4 members (excludes halogenated alkanes) is 1. The summed E-state index contributed by atoms with van der Waals surface area (Å²) in [4.78, 5) is 11.8. The Morgan fingerprint density at radius 2 is 1.86 bits per heavy atom. The van der Waals surface area contributed by atoms with Crippen molar-refractivity contribution in [2.75, 3.05) is 18.4 Å². The van der Waals surface area contributed by atoms with Crippen molar-refractivity contribution in [1.29, 1.82) is 0 Å². The quantitative estimate of drug-likeness (QED) is 0.746. The second-order valence-corrected chi connectivity index (χ2v) is 4.79. The molecule has 2 N–H and O–H groups in total. The van der Waals surface area contributed by atoms with Crippen LogP contribution in [0, 0.1) is 0 Å². The maximum atomic E-state index is 13.1. The number of carbonyl (C=O) groups excluding carboxylic acids is 1. The highest BCUT2D eigenvalue weighted by Crippen LogP contribution is 2.35. The Morgan fingerprint density at radius 1 is 1.14 bits per heavy atom. The molecule has 0 saturated carbocycles. The minimum Gasteiger partial charge on any atom is -0.385 e. The van der Waals surface area contributed by atoms with E-state index in [4.69, 9.17) is 0 Å². The lowest BCUT2D eigenvalue weighted by atomic mass is 10.1. The van der Waals surface area contributed by atoms with E-state index in [0.717, 1.165) is 25.3 Å². The topological polar surface area (TPSA) is 41.1 Å². The molecule has 0 radical (unpaired) electrons. The van der Waals surface area contributed by atoms with Crippen LogP contribution in [0.1, 0.15) is 49.0 Å². The van der Waals surface area contributed by atoms with Gasteiger partial charge in [-0.05, 0) is 31.0 Å². The first-order valence-corrected chi connectivity index (χ1v) is 7.13. The average molecular weight is 302 g/mol. The van der Waals surface area contributed by atoms with E-state index in [9.17, 15) is 18.0 Å². The summed E-state index contributed by atoms with van der Waals surface area (Å²) in [5.41, 5.74) is -0.769. The highest BCUT2D eigenvalue weighted by Gasteiger charge is 2.34. The number of anilines is 1. The lowest BCUT2D eigenvalue weighted by molar-refractivity contribution is -0.137. The fraction of sp³-hybridized carbons (Fsp3) is 0.533. The Morgan fingerprint density at radius 3 is 2.43 bits per heavy atom. The summed E-state index contributed by atoms with van der Waals surface area (Å²) < 4.78 is 39.2. The molecule has 0 aromatic heterocycles. The van der Waals surface area contributed by atoms with Gasteiger partial charge in [-0.3, -0.25) is 4.79 Å². The van der Waals surface area contributed by atoms with Gasteiger partial charge in [0, 0.05) is 24.3 Å². The number of hydrogen-bond acceptors (Lipinski definition) is 2. The van der Waals surface area contributed by atoms with Crippen molar-refractivity contribution in [1.82, 2.24) is 5.32 Å². The standard InChI is InChI=1S/C15H21F3N2O/c1-3-5-9-20-14(21)11-6-7-13(19-8-4-2)12(10-11)15(16,17)18/h6-7,10,19H,3-5,8-9H2,1-2H3,(H,20,21). The van der Waals surface area contributed by atoms with Gasteiger partial charge in [-0.1, -0.05) is 20.3 Å². The van der Waals surface area contributed by atoms with Crippen molar-refractivity contribution in [2.45, 2.75) is 39.3 Å². The van der Waals surface area contributed by atoms with Crippen molar-refractivity contribution in [3.63, 3.8) is 0 Å². The fourth-order valence-electron chi connectivity index (χ4n) is 1.81. The zero-order chi connectivity index (χ0) is 15.9. The molecule has 0 aliphatic heterocycles. The van der Waals surface area contributed by atoms with E-state index in [-0.39, 0.29) is 11.3 Å². The van der Waals surface area contributed by atoms with Crippen molar-refractivity contribution < 1.29 is 18.0 Å². The summed E-state index contributed by atoms with van der Waals surface area (Å²) in [6.45, 7) is 4.76. The van der Waals surface area contributed by atoms with Gasteiger partial charge in [0.25, 0.3) is 5.91 Å². The Balaban J connectivity index is 2.96. The third kappa shape index (κ3) is 5.28. The molecule has 3 nitrogen and oxygen atoms in total. The lowest BCUT2D eigenvalue weighted by Crippen LogP contribution is -2.25. The van der Waals surface area contributed by atoms with E-state index >= 15 is 0 Å². The van der Waals surface area contributed by atoms with Crippen LogP contribution in [0.15, 0.2) is 18.2 Å². The van der Waals surface area contributed by atoms with Gasteiger partial charge in [0.2, 0.25) is 0 Å². The molecule has 0 aliphatic carbocycles. The summed E-state index contributed by atoms with van der Waals surface area (Å²) in [6, 6.07) is 3.63. The van der Waals surface area contributed by atoms with Crippen molar-refractivity contribution in [3.8, 4) is 0 Å². The zero-order valence-corrected chi connectivity index (χ0v) is 12.3. The first-order chi connectivity index (χ1) is 9.90. The van der Waals surface area contributed by atoms with Crippen LogP contribution in [0.3, 0.4) is 0 Å². The normalized spacial score (nSPS) is 11.3. The molecule has 6 heteroatoms. The van der Waals surface area contributed by atoms with Gasteiger partial charge in [-0.15, -0.1) is 0 Å². The Hall–Kier alpha value is -1.72. The summed E-state index contributed by atoms with van der Waals surface area (Å²) in [5, 5.41) is 5.35. The third-order valence-corrected chi connectivity index (χ3v) is 2.97. The molecular weight excluding hydrogens is 281 g/mol. The number of hydrogen-bond donors (Lipinski definition) is 2. The highest BCUT2D eigenvalue weighted by molar-refractivity contribution is 5.95. The van der Waals surface area contributed by atoms with E-state index < -0.39 is 17.6 Å². The predicted molar refractivity (Wildman–Crippen MR) is 77.5 cm³/mol. The van der Waals surface area contributed by atoms with Crippen LogP contribution in [0.2, 0.25) is 0 Å². The maximum Gasteiger partial charge on any atom is 0.418 e. The molecule has 1 rings (SSSR count). The number of benzene rings is 1. The van der Waals surface area contributed by atoms with Crippen LogP contribution in [0.25, 0.3) is 0 Å². The van der Waals surface area contributed by atoms with Crippen LogP contribution < -0.4 is 10.6 Å². The third-order valence-electron chi connectivity index (χ3n) is 2.97. The minimum atomic E-state index is -4.49. The maximum absolute atomic E-state index is 13.1. The van der Waals surface area contributed by atoms with Crippen LogP contribution in [0.5, 0.6) is 0 Å². The van der Waals surface area contributed by atoms with E-state index in [1.54, 1.807) is 0 Å². The zero-order valence-electron chi connectivity index (χ0n) is 12.3. The van der Waals surface area contributed by atoms with E-state index in [1.165, 1.54) is 12.1 Å². The molecule has 0 saturated heterocycles. The fourth-order valence-corrected chi connectivity index (χ4v) is 1.81. The van der Waals surface area contributed by atoms with Crippen LogP contribution in [-0.2, 0) is 6.18 Å². The number of amides is 1. The van der Waals surface area contributed by atoms with E-state index in [2.05, 4.69) is 10.6 Å². The Labute approximate surface area is 122 Å². The number of carbonyl (C=O) groups is 1. The van der Waals surface area contributed by atoms with Gasteiger partial charge >= 0.3 is 6.18 Å². The molecule has 118 valence electrons. The molecule has 0 spiro atoms. The smallest absolute Gasteiger partial charge is 0.385 e. The number of rotatable bonds is 7. The molecule has 0 fully saturated rings. The van der Waals surface area contributed by atoms with Gasteiger partial charge in [-0.2, -0.15) is 13.2 Å². The van der Waals surface area contributed by atoms with Gasteiger partial charge in [0.05, 0.1) is 5.56 Å². The molecule has 1 aromatic rings. The molecule has 0 bridgehead atoms.